The Morgan fingerprint density at radius 3 is 2.35 bits per heavy atom. The van der Waals surface area contributed by atoms with Gasteiger partial charge in [-0.3, -0.25) is 9.69 Å². The summed E-state index contributed by atoms with van der Waals surface area (Å²) in [6.45, 7) is 11.7. The van der Waals surface area contributed by atoms with E-state index in [1.54, 1.807) is 0 Å². The van der Waals surface area contributed by atoms with Crippen molar-refractivity contribution in [3.8, 4) is 0 Å². The molecule has 0 N–H and O–H groups in total. The van der Waals surface area contributed by atoms with Crippen molar-refractivity contribution in [1.29, 1.82) is 0 Å². The monoisotopic (exact) mass is 365 g/mol. The van der Waals surface area contributed by atoms with E-state index in [2.05, 4.69) is 44.7 Å². The smallest absolute Gasteiger partial charge is 0.305 e. The van der Waals surface area contributed by atoms with Gasteiger partial charge >= 0.3 is 5.97 Å². The third-order valence-electron chi connectivity index (χ3n) is 5.20. The average molecular weight is 366 g/mol. The van der Waals surface area contributed by atoms with Crippen molar-refractivity contribution in [3.63, 3.8) is 0 Å². The lowest BCUT2D eigenvalue weighted by Gasteiger charge is -2.25. The Morgan fingerprint density at radius 1 is 1.04 bits per heavy atom. The Bertz CT molecular complexity index is 403. The summed E-state index contributed by atoms with van der Waals surface area (Å²) < 4.78 is 5.52. The number of carbonyl (C=O) groups is 1. The number of esters is 1. The van der Waals surface area contributed by atoms with Crippen molar-refractivity contribution < 1.29 is 9.53 Å². The van der Waals surface area contributed by atoms with E-state index < -0.39 is 0 Å². The van der Waals surface area contributed by atoms with Crippen LogP contribution < -0.4 is 0 Å². The molecule has 1 saturated heterocycles. The predicted molar refractivity (Wildman–Crippen MR) is 111 cm³/mol. The number of nitrogens with zero attached hydrogens (tertiary/aromatic N) is 1. The van der Waals surface area contributed by atoms with Crippen molar-refractivity contribution >= 4 is 5.97 Å². The summed E-state index contributed by atoms with van der Waals surface area (Å²) in [5.41, 5.74) is 0.0597. The van der Waals surface area contributed by atoms with Gasteiger partial charge in [0.1, 0.15) is 0 Å². The molecule has 1 rings (SSSR count). The summed E-state index contributed by atoms with van der Waals surface area (Å²) >= 11 is 0. The Hall–Kier alpha value is -0.830. The zero-order valence-electron chi connectivity index (χ0n) is 17.9. The number of carbonyl (C=O) groups excluding carboxylic acids is 1. The maximum Gasteiger partial charge on any atom is 0.305 e. The molecule has 0 aromatic rings. The predicted octanol–water partition coefficient (Wildman–Crippen LogP) is 6.13. The summed E-state index contributed by atoms with van der Waals surface area (Å²) in [5, 5.41) is 0. The van der Waals surface area contributed by atoms with Crippen LogP contribution in [-0.2, 0) is 9.53 Å². The molecule has 0 aromatic heterocycles. The molecule has 0 saturated carbocycles. The van der Waals surface area contributed by atoms with E-state index in [9.17, 15) is 4.79 Å². The summed E-state index contributed by atoms with van der Waals surface area (Å²) in [6, 6.07) is 0.761. The molecular formula is C23H43NO2. The Labute approximate surface area is 162 Å². The largest absolute Gasteiger partial charge is 0.465 e. The van der Waals surface area contributed by atoms with E-state index in [1.165, 1.54) is 57.9 Å². The topological polar surface area (TPSA) is 29.3 Å². The number of hydrogen-bond donors (Lipinski definition) is 0. The van der Waals surface area contributed by atoms with Gasteiger partial charge < -0.3 is 4.74 Å². The second kappa shape index (κ2) is 13.4. The number of rotatable bonds is 16. The van der Waals surface area contributed by atoms with Crippen molar-refractivity contribution in [2.75, 3.05) is 19.7 Å². The highest BCUT2D eigenvalue weighted by molar-refractivity contribution is 5.69. The Kier molecular flexibility index (Phi) is 11.9. The van der Waals surface area contributed by atoms with Gasteiger partial charge in [0.25, 0.3) is 0 Å². The van der Waals surface area contributed by atoms with Gasteiger partial charge in [0, 0.05) is 31.0 Å². The second-order valence-electron chi connectivity index (χ2n) is 8.74. The summed E-state index contributed by atoms with van der Waals surface area (Å²) in [5.74, 6) is -0.0187. The summed E-state index contributed by atoms with van der Waals surface area (Å²) in [4.78, 5) is 14.4. The lowest BCUT2D eigenvalue weighted by Crippen LogP contribution is -2.30. The van der Waals surface area contributed by atoms with E-state index in [4.69, 9.17) is 4.74 Å². The molecule has 0 aliphatic carbocycles. The molecule has 152 valence electrons. The van der Waals surface area contributed by atoms with Crippen LogP contribution in [0.4, 0.5) is 0 Å². The van der Waals surface area contributed by atoms with E-state index in [0.29, 0.717) is 13.0 Å². The van der Waals surface area contributed by atoms with Crippen molar-refractivity contribution in [2.45, 2.75) is 104 Å². The molecule has 2 unspecified atom stereocenters. The van der Waals surface area contributed by atoms with Gasteiger partial charge in [-0.15, -0.1) is 0 Å². The van der Waals surface area contributed by atoms with Crippen LogP contribution in [0.5, 0.6) is 0 Å². The first kappa shape index (κ1) is 23.2. The minimum Gasteiger partial charge on any atom is -0.465 e. The lowest BCUT2D eigenvalue weighted by molar-refractivity contribution is -0.147. The molecule has 1 aliphatic heterocycles. The number of hydrogen-bond acceptors (Lipinski definition) is 3. The molecule has 3 heteroatoms. The SMILES string of the molecule is CCCC/C=C\CCCCCCCC(=O)OCC(C)(C)CN1CC1CC. The fourth-order valence-electron chi connectivity index (χ4n) is 3.37. The third kappa shape index (κ3) is 11.7. The highest BCUT2D eigenvalue weighted by atomic mass is 16.5. The van der Waals surface area contributed by atoms with E-state index in [0.717, 1.165) is 25.4 Å². The van der Waals surface area contributed by atoms with E-state index in [-0.39, 0.29) is 11.4 Å². The fourth-order valence-corrected chi connectivity index (χ4v) is 3.37. The van der Waals surface area contributed by atoms with Gasteiger partial charge in [-0.2, -0.15) is 0 Å². The molecule has 0 spiro atoms. The highest BCUT2D eigenvalue weighted by Gasteiger charge is 2.36. The van der Waals surface area contributed by atoms with Gasteiger partial charge in [0.05, 0.1) is 6.61 Å². The second-order valence-corrected chi connectivity index (χ2v) is 8.74. The minimum absolute atomic E-state index is 0.0187. The molecule has 26 heavy (non-hydrogen) atoms. The minimum atomic E-state index is -0.0187. The first-order chi connectivity index (χ1) is 12.5. The van der Waals surface area contributed by atoms with Gasteiger partial charge in [0.15, 0.2) is 0 Å². The molecule has 1 fully saturated rings. The van der Waals surface area contributed by atoms with E-state index >= 15 is 0 Å². The van der Waals surface area contributed by atoms with Gasteiger partial charge in [-0.05, 0) is 32.1 Å². The fraction of sp³-hybridized carbons (Fsp3) is 0.870. The standard InChI is InChI=1S/C23H43NO2/c1-5-7-8-9-10-11-12-13-14-15-16-17-22(25)26-20-23(3,4)19-24-18-21(24)6-2/h9-10,21H,5-8,11-20H2,1-4H3/b10-9-. The van der Waals surface area contributed by atoms with Crippen LogP contribution in [0.3, 0.4) is 0 Å². The summed E-state index contributed by atoms with van der Waals surface area (Å²) in [6.07, 6.45) is 17.4. The number of allylic oxidation sites excluding steroid dienone is 2. The molecule has 0 amide bonds. The van der Waals surface area contributed by atoms with Crippen LogP contribution in [-0.4, -0.2) is 36.6 Å². The Morgan fingerprint density at radius 2 is 1.69 bits per heavy atom. The molecule has 0 bridgehead atoms. The van der Waals surface area contributed by atoms with Crippen molar-refractivity contribution in [2.24, 2.45) is 5.41 Å². The molecule has 1 aliphatic rings. The van der Waals surface area contributed by atoms with Crippen LogP contribution in [0, 0.1) is 5.41 Å². The Balaban J connectivity index is 1.93. The normalized spacial score (nSPS) is 19.8. The van der Waals surface area contributed by atoms with Gasteiger partial charge in [-0.25, -0.2) is 0 Å². The van der Waals surface area contributed by atoms with Crippen LogP contribution in [0.25, 0.3) is 0 Å². The molecule has 2 atom stereocenters. The highest BCUT2D eigenvalue weighted by Crippen LogP contribution is 2.27. The zero-order chi connectivity index (χ0) is 19.3. The summed E-state index contributed by atoms with van der Waals surface area (Å²) in [7, 11) is 0. The van der Waals surface area contributed by atoms with Crippen molar-refractivity contribution in [3.05, 3.63) is 12.2 Å². The van der Waals surface area contributed by atoms with Gasteiger partial charge in [-0.1, -0.05) is 72.0 Å². The van der Waals surface area contributed by atoms with Crippen molar-refractivity contribution in [1.82, 2.24) is 4.90 Å². The molecule has 0 radical (unpaired) electrons. The molecular weight excluding hydrogens is 322 g/mol. The van der Waals surface area contributed by atoms with Crippen LogP contribution in [0.2, 0.25) is 0 Å². The van der Waals surface area contributed by atoms with Gasteiger partial charge in [0.2, 0.25) is 0 Å². The first-order valence-electron chi connectivity index (χ1n) is 11.0. The number of ether oxygens (including phenoxy) is 1. The number of unbranched alkanes of at least 4 members (excludes halogenated alkanes) is 7. The third-order valence-corrected chi connectivity index (χ3v) is 5.20. The quantitative estimate of drug-likeness (QED) is 0.143. The zero-order valence-corrected chi connectivity index (χ0v) is 17.9. The first-order valence-corrected chi connectivity index (χ1v) is 11.0. The van der Waals surface area contributed by atoms with Crippen LogP contribution in [0.1, 0.15) is 98.3 Å². The van der Waals surface area contributed by atoms with Crippen LogP contribution in [0.15, 0.2) is 12.2 Å². The van der Waals surface area contributed by atoms with E-state index in [1.807, 2.05) is 0 Å². The maximum absolute atomic E-state index is 11.9. The molecule has 3 nitrogen and oxygen atoms in total. The molecule has 1 heterocycles. The maximum atomic E-state index is 11.9. The molecule has 0 aromatic carbocycles. The lowest BCUT2D eigenvalue weighted by atomic mass is 9.95. The van der Waals surface area contributed by atoms with Crippen LogP contribution >= 0.6 is 0 Å². The average Bonchev–Trinajstić information content (AvgIpc) is 3.35.